The van der Waals surface area contributed by atoms with Gasteiger partial charge in [0.05, 0.1) is 11.4 Å². The molecule has 0 aliphatic carbocycles. The van der Waals surface area contributed by atoms with Crippen molar-refractivity contribution in [2.75, 3.05) is 6.54 Å². The Morgan fingerprint density at radius 3 is 2.72 bits per heavy atom. The lowest BCUT2D eigenvalue weighted by Gasteiger charge is -2.11. The maximum absolute atomic E-state index is 6.21. The molecule has 25 heavy (non-hydrogen) atoms. The molecule has 0 saturated carbocycles. The summed E-state index contributed by atoms with van der Waals surface area (Å²) in [6.45, 7) is 2.69. The Hall–Kier alpha value is -2.30. The van der Waals surface area contributed by atoms with Crippen LogP contribution in [0.5, 0.6) is 0 Å². The van der Waals surface area contributed by atoms with Crippen LogP contribution in [0, 0.1) is 0 Å². The molecule has 1 aromatic heterocycles. The Kier molecular flexibility index (Phi) is 5.42. The van der Waals surface area contributed by atoms with E-state index in [9.17, 15) is 0 Å². The van der Waals surface area contributed by atoms with E-state index in [4.69, 9.17) is 22.3 Å². The molecule has 3 rings (SSSR count). The van der Waals surface area contributed by atoms with Crippen LogP contribution in [0.2, 0.25) is 5.02 Å². The topological polar surface area (TPSA) is 43.3 Å². The Morgan fingerprint density at radius 1 is 1.24 bits per heavy atom. The highest BCUT2D eigenvalue weighted by Gasteiger charge is 2.16. The van der Waals surface area contributed by atoms with Gasteiger partial charge in [0.1, 0.15) is 0 Å². The lowest BCUT2D eigenvalue weighted by atomic mass is 10.0. The van der Waals surface area contributed by atoms with E-state index in [1.807, 2.05) is 56.7 Å². The Bertz CT molecular complexity index is 903. The number of allylic oxidation sites excluding steroid dienone is 3. The minimum Gasteiger partial charge on any atom is -0.399 e. The summed E-state index contributed by atoms with van der Waals surface area (Å²) in [6.07, 6.45) is 8.94. The third-order valence-electron chi connectivity index (χ3n) is 4.25. The van der Waals surface area contributed by atoms with E-state index < -0.39 is 0 Å². The van der Waals surface area contributed by atoms with Crippen molar-refractivity contribution in [1.29, 1.82) is 0 Å². The Labute approximate surface area is 154 Å². The zero-order chi connectivity index (χ0) is 17.8. The molecule has 126 valence electrons. The van der Waals surface area contributed by atoms with Gasteiger partial charge in [-0.05, 0) is 67.6 Å². The lowest BCUT2D eigenvalue weighted by molar-refractivity contribution is 0.997. The molecule has 2 heterocycles. The van der Waals surface area contributed by atoms with Gasteiger partial charge in [-0.3, -0.25) is 0 Å². The Balaban J connectivity index is 1.97. The van der Waals surface area contributed by atoms with Crippen molar-refractivity contribution >= 4 is 36.9 Å². The second-order valence-corrected chi connectivity index (χ2v) is 6.50. The summed E-state index contributed by atoms with van der Waals surface area (Å²) in [7, 11) is 2.04. The van der Waals surface area contributed by atoms with E-state index in [-0.39, 0.29) is 0 Å². The highest BCUT2D eigenvalue weighted by Crippen LogP contribution is 2.31. The molecule has 0 fully saturated rings. The first-order chi connectivity index (χ1) is 12.1. The summed E-state index contributed by atoms with van der Waals surface area (Å²) in [4.78, 5) is 4.83. The average Bonchev–Trinajstić information content (AvgIpc) is 3.18. The largest absolute Gasteiger partial charge is 0.399 e. The molecular formula is C20H21BClN3. The van der Waals surface area contributed by atoms with Crippen LogP contribution in [-0.2, 0) is 0 Å². The number of rotatable bonds is 5. The summed E-state index contributed by atoms with van der Waals surface area (Å²) in [5.74, 6) is 0. The van der Waals surface area contributed by atoms with E-state index >= 15 is 0 Å². The normalized spacial score (nSPS) is 16.3. The van der Waals surface area contributed by atoms with Crippen LogP contribution in [0.15, 0.2) is 71.0 Å². The maximum Gasteiger partial charge on any atom is 0.223 e. The second-order valence-electron chi connectivity index (χ2n) is 6.09. The minimum absolute atomic E-state index is 0.595. The van der Waals surface area contributed by atoms with E-state index in [2.05, 4.69) is 23.5 Å². The third kappa shape index (κ3) is 3.86. The summed E-state index contributed by atoms with van der Waals surface area (Å²) in [6, 6.07) is 11.9. The number of aromatic nitrogens is 1. The van der Waals surface area contributed by atoms with E-state index in [0.29, 0.717) is 6.54 Å². The quantitative estimate of drug-likeness (QED) is 0.822. The lowest BCUT2D eigenvalue weighted by Crippen LogP contribution is -2.05. The van der Waals surface area contributed by atoms with Gasteiger partial charge in [0.2, 0.25) is 7.98 Å². The summed E-state index contributed by atoms with van der Waals surface area (Å²) in [5, 5.41) is 0.737. The number of halogens is 1. The van der Waals surface area contributed by atoms with Crippen LogP contribution in [0.4, 0.5) is 0 Å². The number of hydrogen-bond donors (Lipinski definition) is 1. The number of nitrogens with zero attached hydrogens (tertiary/aromatic N) is 2. The molecule has 0 amide bonds. The van der Waals surface area contributed by atoms with Crippen molar-refractivity contribution in [1.82, 2.24) is 4.48 Å². The fourth-order valence-corrected chi connectivity index (χ4v) is 3.20. The first-order valence-electron chi connectivity index (χ1n) is 8.35. The summed E-state index contributed by atoms with van der Waals surface area (Å²) in [5.41, 5.74) is 12.3. The molecule has 0 radical (unpaired) electrons. The first-order valence-corrected chi connectivity index (χ1v) is 8.73. The smallest absolute Gasteiger partial charge is 0.223 e. The molecule has 0 spiro atoms. The minimum atomic E-state index is 0.595. The molecule has 1 aliphatic heterocycles. The first kappa shape index (κ1) is 17.5. The van der Waals surface area contributed by atoms with Crippen molar-refractivity contribution in [3.63, 3.8) is 0 Å². The van der Waals surface area contributed by atoms with Crippen molar-refractivity contribution in [2.45, 2.75) is 13.3 Å². The van der Waals surface area contributed by atoms with Gasteiger partial charge in [-0.2, -0.15) is 0 Å². The van der Waals surface area contributed by atoms with Gasteiger partial charge in [-0.15, -0.1) is 0 Å². The van der Waals surface area contributed by atoms with Gasteiger partial charge in [-0.25, -0.2) is 4.99 Å². The number of benzene rings is 1. The van der Waals surface area contributed by atoms with Gasteiger partial charge in [0.15, 0.2) is 0 Å². The molecule has 0 unspecified atom stereocenters. The molecule has 0 atom stereocenters. The summed E-state index contributed by atoms with van der Waals surface area (Å²) < 4.78 is 2.11. The number of nitrogens with two attached hydrogens (primary N) is 1. The van der Waals surface area contributed by atoms with Crippen molar-refractivity contribution in [3.8, 4) is 0 Å². The zero-order valence-electron chi connectivity index (χ0n) is 14.5. The molecule has 2 aromatic rings. The van der Waals surface area contributed by atoms with Gasteiger partial charge in [-0.1, -0.05) is 35.9 Å². The van der Waals surface area contributed by atoms with Gasteiger partial charge in [0, 0.05) is 16.3 Å². The molecule has 1 aliphatic rings. The monoisotopic (exact) mass is 349 g/mol. The molecular weight excluding hydrogens is 329 g/mol. The average molecular weight is 350 g/mol. The van der Waals surface area contributed by atoms with Crippen molar-refractivity contribution in [2.24, 2.45) is 10.7 Å². The highest BCUT2D eigenvalue weighted by molar-refractivity contribution is 6.32. The fraction of sp³-hybridized carbons (Fsp3) is 0.150. The fourth-order valence-electron chi connectivity index (χ4n) is 3.00. The van der Waals surface area contributed by atoms with Gasteiger partial charge in [0.25, 0.3) is 0 Å². The molecule has 5 heteroatoms. The maximum atomic E-state index is 6.21. The van der Waals surface area contributed by atoms with Crippen LogP contribution < -0.4 is 5.73 Å². The van der Waals surface area contributed by atoms with Gasteiger partial charge < -0.3 is 10.2 Å². The molecule has 2 N–H and O–H groups in total. The predicted octanol–water partition coefficient (Wildman–Crippen LogP) is 3.71. The SMILES string of the molecule is Bn1cccc1/C(CCN)=C1N=C(/C=C/c2ccccc2Cl)C=C\1C. The molecule has 1 aromatic carbocycles. The van der Waals surface area contributed by atoms with Crippen LogP contribution in [0.3, 0.4) is 0 Å². The van der Waals surface area contributed by atoms with Crippen LogP contribution in [0.1, 0.15) is 24.6 Å². The van der Waals surface area contributed by atoms with E-state index in [0.717, 1.165) is 39.7 Å². The standard InChI is InChI=1S/C20H21BClN3/c1-14-13-16(9-8-15-5-2-3-6-18(15)22)24-20(14)17(10-11-23)19-7-4-12-25(19)21/h2-9,12-13H,10-11,21,23H2,1H3/b9-8+,20-17-. The van der Waals surface area contributed by atoms with Gasteiger partial charge >= 0.3 is 0 Å². The predicted molar refractivity (Wildman–Crippen MR) is 111 cm³/mol. The number of aliphatic imine (C=N–C) groups is 1. The van der Waals surface area contributed by atoms with Crippen LogP contribution in [-0.4, -0.2) is 24.7 Å². The Morgan fingerprint density at radius 2 is 2.04 bits per heavy atom. The molecule has 0 saturated heterocycles. The number of hydrogen-bond acceptors (Lipinski definition) is 2. The molecule has 0 bridgehead atoms. The summed E-state index contributed by atoms with van der Waals surface area (Å²) >= 11 is 6.21. The highest BCUT2D eigenvalue weighted by atomic mass is 35.5. The van der Waals surface area contributed by atoms with Crippen molar-refractivity contribution < 1.29 is 0 Å². The van der Waals surface area contributed by atoms with E-state index in [1.165, 1.54) is 5.57 Å². The van der Waals surface area contributed by atoms with Crippen LogP contribution >= 0.6 is 11.6 Å². The third-order valence-corrected chi connectivity index (χ3v) is 4.60. The van der Waals surface area contributed by atoms with E-state index in [1.54, 1.807) is 0 Å². The molecule has 3 nitrogen and oxygen atoms in total. The zero-order valence-corrected chi connectivity index (χ0v) is 15.3. The van der Waals surface area contributed by atoms with Crippen molar-refractivity contribution in [3.05, 3.63) is 82.3 Å². The second kappa shape index (κ2) is 7.73. The van der Waals surface area contributed by atoms with Crippen LogP contribution in [0.25, 0.3) is 11.6 Å².